The van der Waals surface area contributed by atoms with Gasteiger partial charge in [0.15, 0.2) is 5.82 Å². The van der Waals surface area contributed by atoms with Crippen molar-refractivity contribution in [2.45, 2.75) is 26.3 Å². The van der Waals surface area contributed by atoms with Crippen molar-refractivity contribution < 1.29 is 9.32 Å². The molecule has 6 heteroatoms. The maximum absolute atomic E-state index is 12.2. The number of thiophene rings is 1. The molecule has 0 fully saturated rings. The van der Waals surface area contributed by atoms with Gasteiger partial charge < -0.3 is 9.84 Å². The zero-order valence-corrected chi connectivity index (χ0v) is 13.8. The minimum atomic E-state index is -0.307. The molecule has 0 radical (unpaired) electrons. The van der Waals surface area contributed by atoms with Crippen molar-refractivity contribution in [1.82, 2.24) is 15.5 Å². The maximum atomic E-state index is 12.2. The lowest BCUT2D eigenvalue weighted by molar-refractivity contribution is 0.0942. The summed E-state index contributed by atoms with van der Waals surface area (Å²) in [6, 6.07) is 13.4. The van der Waals surface area contributed by atoms with Gasteiger partial charge in [-0.3, -0.25) is 4.79 Å². The van der Waals surface area contributed by atoms with Gasteiger partial charge in [-0.15, -0.1) is 11.3 Å². The third-order valence-corrected chi connectivity index (χ3v) is 4.38. The highest BCUT2D eigenvalue weighted by Crippen LogP contribution is 2.17. The largest absolute Gasteiger partial charge is 0.341 e. The maximum Gasteiger partial charge on any atom is 0.261 e. The van der Waals surface area contributed by atoms with Crippen LogP contribution in [0.4, 0.5) is 0 Å². The van der Waals surface area contributed by atoms with Gasteiger partial charge in [-0.2, -0.15) is 4.98 Å². The molecular formula is C17H17N3O2S. The molecule has 0 aliphatic heterocycles. The third kappa shape index (κ3) is 3.84. The van der Waals surface area contributed by atoms with Crippen LogP contribution in [0.2, 0.25) is 0 Å². The summed E-state index contributed by atoms with van der Waals surface area (Å²) in [5.41, 5.74) is 1.11. The van der Waals surface area contributed by atoms with Crippen molar-refractivity contribution in [3.63, 3.8) is 0 Å². The molecule has 1 aromatic carbocycles. The van der Waals surface area contributed by atoms with Crippen LogP contribution in [0.15, 0.2) is 47.0 Å². The van der Waals surface area contributed by atoms with Crippen molar-refractivity contribution in [1.29, 1.82) is 0 Å². The van der Waals surface area contributed by atoms with Crippen molar-refractivity contribution in [3.8, 4) is 0 Å². The second-order valence-corrected chi connectivity index (χ2v) is 6.60. The van der Waals surface area contributed by atoms with E-state index < -0.39 is 0 Å². The molecule has 1 atom stereocenters. The fraction of sp³-hybridized carbons (Fsp3) is 0.235. The van der Waals surface area contributed by atoms with E-state index in [1.807, 2.05) is 56.3 Å². The van der Waals surface area contributed by atoms with Crippen LogP contribution in [0.25, 0.3) is 0 Å². The lowest BCUT2D eigenvalue weighted by Crippen LogP contribution is -2.26. The molecule has 1 N–H and O–H groups in total. The summed E-state index contributed by atoms with van der Waals surface area (Å²) < 4.78 is 5.27. The molecule has 3 rings (SSSR count). The number of aryl methyl sites for hydroxylation is 1. The van der Waals surface area contributed by atoms with Crippen molar-refractivity contribution in [2.75, 3.05) is 0 Å². The van der Waals surface area contributed by atoms with E-state index in [1.54, 1.807) is 0 Å². The molecule has 0 aliphatic rings. The van der Waals surface area contributed by atoms with E-state index in [1.165, 1.54) is 11.3 Å². The van der Waals surface area contributed by atoms with Crippen LogP contribution in [-0.2, 0) is 6.42 Å². The zero-order chi connectivity index (χ0) is 16.2. The summed E-state index contributed by atoms with van der Waals surface area (Å²) >= 11 is 1.46. The predicted octanol–water partition coefficient (Wildman–Crippen LogP) is 3.52. The van der Waals surface area contributed by atoms with Crippen LogP contribution in [0.5, 0.6) is 0 Å². The number of rotatable bonds is 5. The quantitative estimate of drug-likeness (QED) is 0.778. The van der Waals surface area contributed by atoms with Gasteiger partial charge >= 0.3 is 0 Å². The third-order valence-electron chi connectivity index (χ3n) is 3.38. The highest BCUT2D eigenvalue weighted by molar-refractivity contribution is 7.13. The van der Waals surface area contributed by atoms with E-state index in [0.29, 0.717) is 23.0 Å². The van der Waals surface area contributed by atoms with Crippen LogP contribution < -0.4 is 5.32 Å². The van der Waals surface area contributed by atoms with Gasteiger partial charge in [-0.05, 0) is 31.5 Å². The summed E-state index contributed by atoms with van der Waals surface area (Å²) in [5.74, 6) is 0.904. The normalized spacial score (nSPS) is 12.1. The average molecular weight is 327 g/mol. The molecule has 118 valence electrons. The lowest BCUT2D eigenvalue weighted by atomic mass is 10.1. The Morgan fingerprint density at radius 2 is 2.04 bits per heavy atom. The van der Waals surface area contributed by atoms with Gasteiger partial charge in [0.05, 0.1) is 17.3 Å². The highest BCUT2D eigenvalue weighted by Gasteiger charge is 2.18. The fourth-order valence-electron chi connectivity index (χ4n) is 2.18. The summed E-state index contributed by atoms with van der Waals surface area (Å²) in [7, 11) is 0. The van der Waals surface area contributed by atoms with Crippen molar-refractivity contribution in [2.24, 2.45) is 0 Å². The van der Waals surface area contributed by atoms with Gasteiger partial charge in [0, 0.05) is 4.88 Å². The van der Waals surface area contributed by atoms with E-state index in [-0.39, 0.29) is 11.9 Å². The molecule has 1 amide bonds. The van der Waals surface area contributed by atoms with Gasteiger partial charge in [0.25, 0.3) is 5.91 Å². The number of benzene rings is 1. The molecule has 0 aliphatic carbocycles. The standard InChI is InChI=1S/C17H17N3O2S/c1-11-8-9-14(23-11)17(21)18-12(2)16-19-15(22-20-16)10-13-6-4-3-5-7-13/h3-9,12H,10H2,1-2H3,(H,18,21)/t12-/m0/s1. The number of nitrogens with zero attached hydrogens (tertiary/aromatic N) is 2. The Bertz CT molecular complexity index is 795. The second-order valence-electron chi connectivity index (χ2n) is 5.31. The monoisotopic (exact) mass is 327 g/mol. The number of amides is 1. The molecule has 2 heterocycles. The number of hydrogen-bond acceptors (Lipinski definition) is 5. The Kier molecular flexibility index (Phi) is 4.52. The highest BCUT2D eigenvalue weighted by atomic mass is 32.1. The van der Waals surface area contributed by atoms with Crippen molar-refractivity contribution >= 4 is 17.2 Å². The topological polar surface area (TPSA) is 68.0 Å². The summed E-state index contributed by atoms with van der Waals surface area (Å²) in [6.45, 7) is 3.81. The Balaban J connectivity index is 1.64. The molecule has 0 spiro atoms. The molecule has 3 aromatic rings. The summed E-state index contributed by atoms with van der Waals surface area (Å²) in [4.78, 5) is 18.3. The molecular weight excluding hydrogens is 310 g/mol. The first kappa shape index (κ1) is 15.4. The van der Waals surface area contributed by atoms with Crippen LogP contribution in [0.1, 0.15) is 44.8 Å². The molecule has 0 unspecified atom stereocenters. The molecule has 0 saturated carbocycles. The Hall–Kier alpha value is -2.47. The average Bonchev–Trinajstić information content (AvgIpc) is 3.17. The van der Waals surface area contributed by atoms with Gasteiger partial charge in [0.1, 0.15) is 0 Å². The van der Waals surface area contributed by atoms with Crippen LogP contribution in [-0.4, -0.2) is 16.0 Å². The molecule has 0 bridgehead atoms. The van der Waals surface area contributed by atoms with E-state index in [2.05, 4.69) is 15.5 Å². The molecule has 2 aromatic heterocycles. The molecule has 5 nitrogen and oxygen atoms in total. The second kappa shape index (κ2) is 6.75. The zero-order valence-electron chi connectivity index (χ0n) is 12.9. The fourth-order valence-corrected chi connectivity index (χ4v) is 2.95. The van der Waals surface area contributed by atoms with Gasteiger partial charge in [-0.1, -0.05) is 35.5 Å². The van der Waals surface area contributed by atoms with Crippen LogP contribution in [0.3, 0.4) is 0 Å². The van der Waals surface area contributed by atoms with Crippen molar-refractivity contribution in [3.05, 3.63) is 69.5 Å². The number of carbonyl (C=O) groups excluding carboxylic acids is 1. The number of carbonyl (C=O) groups is 1. The predicted molar refractivity (Wildman–Crippen MR) is 88.5 cm³/mol. The SMILES string of the molecule is Cc1ccc(C(=O)N[C@@H](C)c2noc(Cc3ccccc3)n2)s1. The Labute approximate surface area is 138 Å². The number of nitrogens with one attached hydrogen (secondary N) is 1. The first-order chi connectivity index (χ1) is 11.1. The van der Waals surface area contributed by atoms with Crippen LogP contribution in [0, 0.1) is 6.92 Å². The smallest absolute Gasteiger partial charge is 0.261 e. The van der Waals surface area contributed by atoms with Gasteiger partial charge in [-0.25, -0.2) is 0 Å². The Morgan fingerprint density at radius 1 is 1.26 bits per heavy atom. The van der Waals surface area contributed by atoms with E-state index in [4.69, 9.17) is 4.52 Å². The minimum Gasteiger partial charge on any atom is -0.341 e. The van der Waals surface area contributed by atoms with E-state index in [9.17, 15) is 4.79 Å². The van der Waals surface area contributed by atoms with E-state index in [0.717, 1.165) is 10.4 Å². The first-order valence-corrected chi connectivity index (χ1v) is 8.17. The molecule has 0 saturated heterocycles. The van der Waals surface area contributed by atoms with E-state index >= 15 is 0 Å². The van der Waals surface area contributed by atoms with Crippen LogP contribution >= 0.6 is 11.3 Å². The first-order valence-electron chi connectivity index (χ1n) is 7.35. The lowest BCUT2D eigenvalue weighted by Gasteiger charge is -2.08. The number of aromatic nitrogens is 2. The summed E-state index contributed by atoms with van der Waals surface area (Å²) in [5, 5.41) is 6.86. The Morgan fingerprint density at radius 3 is 2.74 bits per heavy atom. The number of hydrogen-bond donors (Lipinski definition) is 1. The van der Waals surface area contributed by atoms with Gasteiger partial charge in [0.2, 0.25) is 5.89 Å². The minimum absolute atomic E-state index is 0.120. The molecule has 23 heavy (non-hydrogen) atoms. The summed E-state index contributed by atoms with van der Waals surface area (Å²) in [6.07, 6.45) is 0.582.